The van der Waals surface area contributed by atoms with Crippen LogP contribution in [0.2, 0.25) is 0 Å². The van der Waals surface area contributed by atoms with Crippen molar-refractivity contribution in [3.05, 3.63) is 33.1 Å². The van der Waals surface area contributed by atoms with Crippen LogP contribution in [-0.2, 0) is 13.0 Å². The van der Waals surface area contributed by atoms with Crippen LogP contribution in [0.25, 0.3) is 10.4 Å². The molecule has 0 bridgehead atoms. The fraction of sp³-hybridized carbons (Fsp3) is 0.550. The molecule has 1 aliphatic rings. The second-order valence-electron chi connectivity index (χ2n) is 6.90. The van der Waals surface area contributed by atoms with Crippen molar-refractivity contribution in [3.63, 3.8) is 0 Å². The summed E-state index contributed by atoms with van der Waals surface area (Å²) in [5, 5.41) is 10.3. The summed E-state index contributed by atoms with van der Waals surface area (Å²) in [6.45, 7) is 5.38. The largest absolute Gasteiger partial charge is 0.508 e. The molecule has 1 aromatic heterocycles. The summed E-state index contributed by atoms with van der Waals surface area (Å²) in [6.07, 6.45) is 8.68. The van der Waals surface area contributed by atoms with E-state index >= 15 is 0 Å². The van der Waals surface area contributed by atoms with E-state index in [1.807, 2.05) is 12.1 Å². The van der Waals surface area contributed by atoms with E-state index in [-0.39, 0.29) is 0 Å². The topological polar surface area (TPSA) is 23.5 Å². The molecule has 25 heavy (non-hydrogen) atoms. The molecule has 1 fully saturated rings. The van der Waals surface area contributed by atoms with Crippen molar-refractivity contribution in [3.8, 4) is 16.2 Å². The Balaban J connectivity index is 1.80. The summed E-state index contributed by atoms with van der Waals surface area (Å²) in [5.74, 6) is 0.416. The van der Waals surface area contributed by atoms with Gasteiger partial charge in [0.25, 0.3) is 0 Å². The molecule has 5 heteroatoms. The minimum absolute atomic E-state index is 0.416. The number of likely N-dealkylation sites (tertiary alicyclic amines) is 1. The highest BCUT2D eigenvalue weighted by atomic mass is 32.9. The molecular weight excluding hydrogens is 366 g/mol. The molecule has 1 aromatic carbocycles. The zero-order valence-corrected chi connectivity index (χ0v) is 17.4. The number of rotatable bonds is 8. The van der Waals surface area contributed by atoms with E-state index in [0.29, 0.717) is 5.75 Å². The van der Waals surface area contributed by atoms with E-state index in [1.54, 1.807) is 20.7 Å². The second-order valence-corrected chi connectivity index (χ2v) is 9.72. The zero-order valence-electron chi connectivity index (χ0n) is 14.9. The molecular formula is C20H27NOS3. The number of hydrogen-bond acceptors (Lipinski definition) is 5. The zero-order chi connectivity index (χ0) is 17.6. The maximum absolute atomic E-state index is 10.3. The molecule has 1 saturated heterocycles. The van der Waals surface area contributed by atoms with Crippen molar-refractivity contribution in [2.45, 2.75) is 58.4 Å². The van der Waals surface area contributed by atoms with Crippen LogP contribution in [0.5, 0.6) is 5.75 Å². The summed E-state index contributed by atoms with van der Waals surface area (Å²) in [6, 6.07) is 6.08. The van der Waals surface area contributed by atoms with Gasteiger partial charge in [0.15, 0.2) is 0 Å². The third kappa shape index (κ3) is 4.91. The maximum Gasteiger partial charge on any atom is 0.120 e. The first-order valence-corrected chi connectivity index (χ1v) is 11.9. The highest BCUT2D eigenvalue weighted by molar-refractivity contribution is 7.80. The minimum atomic E-state index is 0.416. The van der Waals surface area contributed by atoms with Crippen molar-refractivity contribution < 1.29 is 5.11 Å². The number of unbranched alkanes of at least 4 members (excludes halogenated alkanes) is 3. The summed E-state index contributed by atoms with van der Waals surface area (Å²) in [5.41, 5.74) is 3.61. The molecule has 1 aliphatic heterocycles. The summed E-state index contributed by atoms with van der Waals surface area (Å²) in [7, 11) is 3.51. The summed E-state index contributed by atoms with van der Waals surface area (Å²) < 4.78 is 1.05. The minimum Gasteiger partial charge on any atom is -0.508 e. The Hall–Kier alpha value is -0.750. The Bertz CT molecular complexity index is 744. The summed E-state index contributed by atoms with van der Waals surface area (Å²) >= 11 is 5.60. The standard InChI is InChI=1S/C20H27NOS3/c1-2-3-4-5-8-17-19(24-25-20(17)23)15-9-10-18(22)16(13-15)14-21-11-6-7-12-21/h9-10,13,22H,2-8,11-12,14H2,1H3. The Morgan fingerprint density at radius 1 is 1.12 bits per heavy atom. The number of nitrogens with zero attached hydrogens (tertiary/aromatic N) is 1. The SMILES string of the molecule is CCCCCCc1c(-c2ccc(O)c(CN3CCCC3)c2)ssc1=S. The molecule has 0 atom stereocenters. The lowest BCUT2D eigenvalue weighted by molar-refractivity contribution is 0.324. The van der Waals surface area contributed by atoms with Crippen LogP contribution < -0.4 is 0 Å². The number of benzene rings is 1. The molecule has 2 aromatic rings. The second kappa shape index (κ2) is 9.26. The van der Waals surface area contributed by atoms with Crippen molar-refractivity contribution in [1.29, 1.82) is 0 Å². The lowest BCUT2D eigenvalue weighted by Crippen LogP contribution is -2.18. The summed E-state index contributed by atoms with van der Waals surface area (Å²) in [4.78, 5) is 3.74. The third-order valence-corrected chi connectivity index (χ3v) is 8.13. The molecule has 0 amide bonds. The predicted octanol–water partition coefficient (Wildman–Crippen LogP) is 6.63. The number of phenolic OH excluding ortho intramolecular Hbond substituents is 1. The first-order chi connectivity index (χ1) is 12.2. The van der Waals surface area contributed by atoms with Crippen LogP contribution in [0, 0.1) is 3.82 Å². The molecule has 0 saturated carbocycles. The van der Waals surface area contributed by atoms with E-state index in [4.69, 9.17) is 12.2 Å². The van der Waals surface area contributed by atoms with Crippen LogP contribution in [0.3, 0.4) is 0 Å². The van der Waals surface area contributed by atoms with Gasteiger partial charge in [-0.25, -0.2) is 0 Å². The molecule has 136 valence electrons. The van der Waals surface area contributed by atoms with Crippen LogP contribution in [-0.4, -0.2) is 23.1 Å². The van der Waals surface area contributed by atoms with Gasteiger partial charge in [-0.3, -0.25) is 4.90 Å². The third-order valence-electron chi connectivity index (χ3n) is 4.94. The van der Waals surface area contributed by atoms with Crippen molar-refractivity contribution in [2.24, 2.45) is 0 Å². The van der Waals surface area contributed by atoms with Gasteiger partial charge in [0, 0.05) is 12.1 Å². The van der Waals surface area contributed by atoms with E-state index < -0.39 is 0 Å². The lowest BCUT2D eigenvalue weighted by Gasteiger charge is -2.16. The van der Waals surface area contributed by atoms with Gasteiger partial charge in [-0.1, -0.05) is 59.1 Å². The van der Waals surface area contributed by atoms with Crippen molar-refractivity contribution in [1.82, 2.24) is 4.90 Å². The molecule has 0 aliphatic carbocycles. The van der Waals surface area contributed by atoms with Gasteiger partial charge in [-0.05, 0) is 68.1 Å². The fourth-order valence-electron chi connectivity index (χ4n) is 3.47. The smallest absolute Gasteiger partial charge is 0.120 e. The maximum atomic E-state index is 10.3. The van der Waals surface area contributed by atoms with Crippen molar-refractivity contribution >= 4 is 32.9 Å². The van der Waals surface area contributed by atoms with Crippen LogP contribution in [0.15, 0.2) is 18.2 Å². The van der Waals surface area contributed by atoms with E-state index in [2.05, 4.69) is 17.9 Å². The molecule has 0 unspecified atom stereocenters. The number of phenols is 1. The van der Waals surface area contributed by atoms with E-state index in [9.17, 15) is 5.11 Å². The average Bonchev–Trinajstić information content (AvgIpc) is 3.24. The number of hydrogen-bond donors (Lipinski definition) is 1. The average molecular weight is 394 g/mol. The highest BCUT2D eigenvalue weighted by Crippen LogP contribution is 2.37. The van der Waals surface area contributed by atoms with Crippen molar-refractivity contribution in [2.75, 3.05) is 13.1 Å². The van der Waals surface area contributed by atoms with E-state index in [0.717, 1.165) is 35.4 Å². The fourth-order valence-corrected chi connectivity index (χ4v) is 6.47. The van der Waals surface area contributed by atoms with Gasteiger partial charge in [-0.15, -0.1) is 0 Å². The van der Waals surface area contributed by atoms with Gasteiger partial charge in [-0.2, -0.15) is 0 Å². The van der Waals surface area contributed by atoms with Gasteiger partial charge in [0.1, 0.15) is 9.57 Å². The number of aromatic hydroxyl groups is 1. The molecule has 2 nitrogen and oxygen atoms in total. The Morgan fingerprint density at radius 3 is 2.68 bits per heavy atom. The molecule has 0 spiro atoms. The highest BCUT2D eigenvalue weighted by Gasteiger charge is 2.16. The molecule has 1 N–H and O–H groups in total. The molecule has 3 rings (SSSR count). The normalized spacial score (nSPS) is 15.1. The van der Waals surface area contributed by atoms with Gasteiger partial charge in [0.05, 0.1) is 4.88 Å². The Kier molecular flexibility index (Phi) is 7.05. The Morgan fingerprint density at radius 2 is 1.92 bits per heavy atom. The monoisotopic (exact) mass is 393 g/mol. The van der Waals surface area contributed by atoms with Gasteiger partial charge in [0.2, 0.25) is 0 Å². The molecule has 2 heterocycles. The quantitative estimate of drug-likeness (QED) is 0.309. The molecule has 0 radical (unpaired) electrons. The van der Waals surface area contributed by atoms with Crippen LogP contribution in [0.4, 0.5) is 0 Å². The van der Waals surface area contributed by atoms with Gasteiger partial charge >= 0.3 is 0 Å². The van der Waals surface area contributed by atoms with Gasteiger partial charge < -0.3 is 5.11 Å². The predicted molar refractivity (Wildman–Crippen MR) is 112 cm³/mol. The Labute approximate surface area is 163 Å². The first kappa shape index (κ1) is 19.0. The first-order valence-electron chi connectivity index (χ1n) is 9.35. The van der Waals surface area contributed by atoms with Crippen LogP contribution in [0.1, 0.15) is 56.6 Å². The van der Waals surface area contributed by atoms with Crippen LogP contribution >= 0.6 is 32.9 Å². The lowest BCUT2D eigenvalue weighted by atomic mass is 10.0. The van der Waals surface area contributed by atoms with E-state index in [1.165, 1.54) is 54.5 Å².